The van der Waals surface area contributed by atoms with Crippen molar-refractivity contribution in [1.29, 1.82) is 0 Å². The monoisotopic (exact) mass is 588 g/mol. The van der Waals surface area contributed by atoms with Crippen molar-refractivity contribution in [2.75, 3.05) is 32.2 Å². The molecule has 0 atom stereocenters. The van der Waals surface area contributed by atoms with Gasteiger partial charge >= 0.3 is 0 Å². The van der Waals surface area contributed by atoms with E-state index in [1.807, 2.05) is 6.92 Å². The van der Waals surface area contributed by atoms with E-state index >= 15 is 0 Å². The van der Waals surface area contributed by atoms with E-state index in [0.717, 1.165) is 12.8 Å². The molecule has 16 heavy (non-hydrogen) atoms. The molecule has 7 heteroatoms. The molecule has 0 saturated heterocycles. The van der Waals surface area contributed by atoms with Gasteiger partial charge in [-0.05, 0) is 76.5 Å². The SMILES string of the molecule is CCC(CO)(CO)COCCCS(I)(I)I. The number of halogens is 3. The summed E-state index contributed by atoms with van der Waals surface area (Å²) in [5.41, 5.74) is -0.455. The van der Waals surface area contributed by atoms with Crippen LogP contribution in [-0.2, 0) is 4.74 Å². The third kappa shape index (κ3) is 8.51. The first-order valence-corrected chi connectivity index (χ1v) is 14.5. The number of aliphatic hydroxyl groups is 2. The van der Waals surface area contributed by atoms with Gasteiger partial charge in [-0.2, -0.15) is 0 Å². The van der Waals surface area contributed by atoms with E-state index < -0.39 is 6.96 Å². The van der Waals surface area contributed by atoms with Crippen molar-refractivity contribution < 1.29 is 14.9 Å². The second-order valence-electron chi connectivity index (χ2n) is 3.78. The number of rotatable bonds is 9. The minimum Gasteiger partial charge on any atom is -0.396 e. The van der Waals surface area contributed by atoms with E-state index in [1.54, 1.807) is 0 Å². The Morgan fingerprint density at radius 3 is 2.12 bits per heavy atom. The summed E-state index contributed by atoms with van der Waals surface area (Å²) in [7, 11) is 0. The van der Waals surface area contributed by atoms with Crippen LogP contribution >= 0.6 is 65.2 Å². The van der Waals surface area contributed by atoms with E-state index in [2.05, 4.69) is 63.6 Å². The summed E-state index contributed by atoms with van der Waals surface area (Å²) in [4.78, 5) is 0. The average molecular weight is 588 g/mol. The van der Waals surface area contributed by atoms with Crippen molar-refractivity contribution in [2.24, 2.45) is 5.41 Å². The van der Waals surface area contributed by atoms with Gasteiger partial charge in [-0.3, -0.25) is 0 Å². The predicted octanol–water partition coefficient (Wildman–Crippen LogP) is 3.63. The molecule has 0 amide bonds. The predicted molar refractivity (Wildman–Crippen MR) is 96.8 cm³/mol. The maximum absolute atomic E-state index is 9.22. The average Bonchev–Trinajstić information content (AvgIpc) is 2.23. The number of hydrogen-bond donors (Lipinski definition) is 2. The molecule has 0 fully saturated rings. The Hall–Kier alpha value is 2.42. The summed E-state index contributed by atoms with van der Waals surface area (Å²) in [5, 5.41) is 18.4. The van der Waals surface area contributed by atoms with Gasteiger partial charge in [0, 0.05) is 17.8 Å². The van der Waals surface area contributed by atoms with Crippen LogP contribution in [0.25, 0.3) is 0 Å². The molecular weight excluding hydrogens is 569 g/mol. The molecule has 0 saturated carbocycles. The van der Waals surface area contributed by atoms with Gasteiger partial charge in [-0.25, -0.2) is 0 Å². The maximum atomic E-state index is 9.22. The molecule has 0 aromatic rings. The fraction of sp³-hybridized carbons (Fsp3) is 1.00. The minimum absolute atomic E-state index is 0.0138. The van der Waals surface area contributed by atoms with E-state index in [-0.39, 0.29) is 13.2 Å². The van der Waals surface area contributed by atoms with Crippen LogP contribution in [0, 0.1) is 5.41 Å². The van der Waals surface area contributed by atoms with E-state index in [9.17, 15) is 10.2 Å². The van der Waals surface area contributed by atoms with Crippen LogP contribution in [0.3, 0.4) is 0 Å². The van der Waals surface area contributed by atoms with E-state index in [1.165, 1.54) is 5.75 Å². The Morgan fingerprint density at radius 1 is 1.19 bits per heavy atom. The van der Waals surface area contributed by atoms with Crippen LogP contribution < -0.4 is 0 Å². The third-order valence-corrected chi connectivity index (χ3v) is 7.21. The summed E-state index contributed by atoms with van der Waals surface area (Å²) < 4.78 is 5.03. The number of aliphatic hydroxyl groups excluding tert-OH is 2. The van der Waals surface area contributed by atoms with Crippen molar-refractivity contribution >= 4 is 65.2 Å². The summed E-state index contributed by atoms with van der Waals surface area (Å²) >= 11 is 7.46. The normalized spacial score (nSPS) is 14.1. The highest BCUT2D eigenvalue weighted by Crippen LogP contribution is 2.71. The van der Waals surface area contributed by atoms with Gasteiger partial charge < -0.3 is 14.9 Å². The fourth-order valence-electron chi connectivity index (χ4n) is 1.08. The summed E-state index contributed by atoms with van der Waals surface area (Å²) in [6.45, 7) is 3.10. The maximum Gasteiger partial charge on any atom is 0.0566 e. The molecule has 0 aromatic carbocycles. The molecular formula is C9H19I3O3S. The Bertz CT molecular complexity index is 175. The lowest BCUT2D eigenvalue weighted by molar-refractivity contribution is -0.0295. The molecule has 0 aliphatic carbocycles. The Balaban J connectivity index is 3.71. The lowest BCUT2D eigenvalue weighted by Gasteiger charge is -2.28. The zero-order valence-corrected chi connectivity index (χ0v) is 16.6. The zero-order chi connectivity index (χ0) is 12.7. The second kappa shape index (κ2) is 9.34. The zero-order valence-electron chi connectivity index (χ0n) is 9.29. The van der Waals surface area contributed by atoms with Crippen molar-refractivity contribution in [3.63, 3.8) is 0 Å². The highest BCUT2D eigenvalue weighted by Gasteiger charge is 2.26. The highest BCUT2D eigenvalue weighted by molar-refractivity contribution is 14.5. The van der Waals surface area contributed by atoms with Gasteiger partial charge in [0.05, 0.1) is 19.8 Å². The standard InChI is InChI=1S/C9H19I3O3S/c1-2-9(6-13,7-14)8-15-4-3-5-16(10,11)12/h13-14H,2-8H2,1H3. The summed E-state index contributed by atoms with van der Waals surface area (Å²) in [6.07, 6.45) is 1.78. The van der Waals surface area contributed by atoms with Crippen LogP contribution in [0.15, 0.2) is 0 Å². The molecule has 0 unspecified atom stereocenters. The molecule has 100 valence electrons. The largest absolute Gasteiger partial charge is 0.396 e. The molecule has 0 rings (SSSR count). The topological polar surface area (TPSA) is 49.7 Å². The lowest BCUT2D eigenvalue weighted by atomic mass is 9.88. The van der Waals surface area contributed by atoms with E-state index in [0.29, 0.717) is 13.2 Å². The van der Waals surface area contributed by atoms with Gasteiger partial charge in [-0.1, -0.05) is 8.47 Å². The van der Waals surface area contributed by atoms with Crippen LogP contribution in [0.4, 0.5) is 0 Å². The molecule has 0 bridgehead atoms. The first-order chi connectivity index (χ1) is 7.39. The van der Waals surface area contributed by atoms with Gasteiger partial charge in [0.25, 0.3) is 0 Å². The van der Waals surface area contributed by atoms with Crippen molar-refractivity contribution in [2.45, 2.75) is 19.8 Å². The molecule has 0 aliphatic heterocycles. The Morgan fingerprint density at radius 2 is 1.75 bits per heavy atom. The van der Waals surface area contributed by atoms with Gasteiger partial charge in [-0.15, -0.1) is 0 Å². The van der Waals surface area contributed by atoms with Crippen LogP contribution in [0.1, 0.15) is 19.8 Å². The van der Waals surface area contributed by atoms with Gasteiger partial charge in [0.1, 0.15) is 0 Å². The van der Waals surface area contributed by atoms with Gasteiger partial charge in [0.2, 0.25) is 0 Å². The molecule has 0 spiro atoms. The first kappa shape index (κ1) is 18.4. The first-order valence-electron chi connectivity index (χ1n) is 5.08. The number of hydrogen-bond acceptors (Lipinski definition) is 3. The van der Waals surface area contributed by atoms with E-state index in [4.69, 9.17) is 4.74 Å². The molecule has 0 heterocycles. The number of ether oxygens (including phenoxy) is 1. The van der Waals surface area contributed by atoms with Crippen molar-refractivity contribution in [1.82, 2.24) is 0 Å². The second-order valence-corrected chi connectivity index (χ2v) is 33.9. The molecule has 3 nitrogen and oxygen atoms in total. The summed E-state index contributed by atoms with van der Waals surface area (Å²) in [6, 6.07) is 0. The minimum atomic E-state index is -0.526. The quantitative estimate of drug-likeness (QED) is 0.320. The Kier molecular flexibility index (Phi) is 10.8. The van der Waals surface area contributed by atoms with Gasteiger partial charge in [0.15, 0.2) is 0 Å². The highest BCUT2D eigenvalue weighted by atomic mass is 127. The molecule has 0 aliphatic rings. The van der Waals surface area contributed by atoms with Crippen molar-refractivity contribution in [3.05, 3.63) is 0 Å². The smallest absolute Gasteiger partial charge is 0.0566 e. The molecule has 0 radical (unpaired) electrons. The van der Waals surface area contributed by atoms with Crippen LogP contribution in [-0.4, -0.2) is 42.4 Å². The Labute approximate surface area is 136 Å². The molecule has 0 aromatic heterocycles. The van der Waals surface area contributed by atoms with Crippen LogP contribution in [0.5, 0.6) is 0 Å². The van der Waals surface area contributed by atoms with Crippen molar-refractivity contribution in [3.8, 4) is 0 Å². The third-order valence-electron chi connectivity index (χ3n) is 2.49. The fourth-order valence-corrected chi connectivity index (χ4v) is 4.33. The molecule has 2 N–H and O–H groups in total. The lowest BCUT2D eigenvalue weighted by Crippen LogP contribution is -2.34. The van der Waals surface area contributed by atoms with Crippen LogP contribution in [0.2, 0.25) is 0 Å². The summed E-state index contributed by atoms with van der Waals surface area (Å²) in [5.74, 6) is 1.17.